The average molecular weight is 324 g/mol. The van der Waals surface area contributed by atoms with Crippen molar-refractivity contribution in [3.63, 3.8) is 0 Å². The van der Waals surface area contributed by atoms with E-state index < -0.39 is 0 Å². The molecule has 3 N–H and O–H groups in total. The minimum atomic E-state index is 0.220. The highest BCUT2D eigenvalue weighted by molar-refractivity contribution is 5.84. The Balaban J connectivity index is 1.68. The Labute approximate surface area is 139 Å². The number of benzene rings is 1. The van der Waals surface area contributed by atoms with E-state index in [1.807, 2.05) is 18.2 Å². The lowest BCUT2D eigenvalue weighted by molar-refractivity contribution is 0.0793. The van der Waals surface area contributed by atoms with E-state index in [0.717, 1.165) is 41.9 Å². The zero-order chi connectivity index (χ0) is 16.6. The minimum absolute atomic E-state index is 0.220. The lowest BCUT2D eigenvalue weighted by atomic mass is 9.80. The molecule has 6 heteroatoms. The monoisotopic (exact) mass is 324 g/mol. The van der Waals surface area contributed by atoms with Crippen molar-refractivity contribution in [2.24, 2.45) is 5.41 Å². The molecule has 6 nitrogen and oxygen atoms in total. The van der Waals surface area contributed by atoms with Gasteiger partial charge in [-0.25, -0.2) is 4.98 Å². The largest absolute Gasteiger partial charge is 0.508 e. The molecule has 0 unspecified atom stereocenters. The van der Waals surface area contributed by atoms with Crippen LogP contribution in [-0.4, -0.2) is 40.0 Å². The van der Waals surface area contributed by atoms with E-state index in [-0.39, 0.29) is 11.2 Å². The number of nitrogens with one attached hydrogen (secondary N) is 2. The Morgan fingerprint density at radius 1 is 1.25 bits per heavy atom. The highest BCUT2D eigenvalue weighted by Gasteiger charge is 2.36. The zero-order valence-corrected chi connectivity index (χ0v) is 13.5. The molecule has 4 rings (SSSR count). The van der Waals surface area contributed by atoms with Crippen LogP contribution < -0.4 is 10.1 Å². The first-order valence-electron chi connectivity index (χ1n) is 8.16. The zero-order valence-electron chi connectivity index (χ0n) is 13.5. The quantitative estimate of drug-likeness (QED) is 0.672. The standard InChI is InChI=1S/C18H20N4O2/c1-2-18(9-19-10-18)11-24-16-7-15(12-3-5-13(23)6-4-12)21-17-14(16)8-20-22-17/h3-8,19,23H,2,9-11H2,1H3,(H,20,21,22). The first-order valence-corrected chi connectivity index (χ1v) is 8.16. The highest BCUT2D eigenvalue weighted by atomic mass is 16.5. The Bertz CT molecular complexity index is 848. The Hall–Kier alpha value is -2.60. The number of H-pyrrole nitrogens is 1. The molecule has 0 bridgehead atoms. The highest BCUT2D eigenvalue weighted by Crippen LogP contribution is 2.33. The average Bonchev–Trinajstić information content (AvgIpc) is 3.03. The van der Waals surface area contributed by atoms with Crippen LogP contribution in [0.25, 0.3) is 22.3 Å². The fraction of sp³-hybridized carbons (Fsp3) is 0.333. The van der Waals surface area contributed by atoms with Crippen molar-refractivity contribution in [2.45, 2.75) is 13.3 Å². The van der Waals surface area contributed by atoms with Crippen molar-refractivity contribution >= 4 is 11.0 Å². The van der Waals surface area contributed by atoms with Crippen molar-refractivity contribution < 1.29 is 9.84 Å². The number of fused-ring (bicyclic) bond motifs is 1. The number of aromatic hydroxyl groups is 1. The normalized spacial score (nSPS) is 16.0. The first-order chi connectivity index (χ1) is 11.7. The van der Waals surface area contributed by atoms with Crippen LogP contribution >= 0.6 is 0 Å². The maximum absolute atomic E-state index is 9.46. The molecule has 124 valence electrons. The number of ether oxygens (including phenoxy) is 1. The van der Waals surface area contributed by atoms with Crippen molar-refractivity contribution in [1.82, 2.24) is 20.5 Å². The van der Waals surface area contributed by atoms with Gasteiger partial charge >= 0.3 is 0 Å². The molecule has 2 aromatic heterocycles. The summed E-state index contributed by atoms with van der Waals surface area (Å²) in [6.07, 6.45) is 2.83. The summed E-state index contributed by atoms with van der Waals surface area (Å²) in [5.74, 6) is 1.02. The molecule has 3 heterocycles. The van der Waals surface area contributed by atoms with Crippen LogP contribution in [0.3, 0.4) is 0 Å². The second-order valence-electron chi connectivity index (χ2n) is 6.43. The van der Waals surface area contributed by atoms with E-state index in [4.69, 9.17) is 4.74 Å². The Morgan fingerprint density at radius 3 is 2.71 bits per heavy atom. The van der Waals surface area contributed by atoms with Gasteiger partial charge in [0.2, 0.25) is 0 Å². The molecule has 1 saturated heterocycles. The molecule has 0 aliphatic carbocycles. The molecule has 0 spiro atoms. The van der Waals surface area contributed by atoms with Crippen molar-refractivity contribution in [1.29, 1.82) is 0 Å². The molecular weight excluding hydrogens is 304 g/mol. The maximum atomic E-state index is 9.46. The molecule has 24 heavy (non-hydrogen) atoms. The van der Waals surface area contributed by atoms with Gasteiger partial charge in [0.15, 0.2) is 5.65 Å². The maximum Gasteiger partial charge on any atom is 0.159 e. The van der Waals surface area contributed by atoms with Crippen LogP contribution in [0.2, 0.25) is 0 Å². The second kappa shape index (κ2) is 5.79. The first kappa shape index (κ1) is 15.0. The van der Waals surface area contributed by atoms with Crippen LogP contribution in [0.15, 0.2) is 36.5 Å². The van der Waals surface area contributed by atoms with E-state index >= 15 is 0 Å². The van der Waals surface area contributed by atoms with Gasteiger partial charge in [-0.15, -0.1) is 0 Å². The fourth-order valence-electron chi connectivity index (χ4n) is 2.96. The molecule has 1 fully saturated rings. The number of rotatable bonds is 5. The lowest BCUT2D eigenvalue weighted by Gasteiger charge is -2.41. The third-order valence-electron chi connectivity index (χ3n) is 4.83. The van der Waals surface area contributed by atoms with Crippen molar-refractivity contribution in [3.05, 3.63) is 36.5 Å². The Morgan fingerprint density at radius 2 is 2.04 bits per heavy atom. The third-order valence-corrected chi connectivity index (χ3v) is 4.83. The van der Waals surface area contributed by atoms with Crippen LogP contribution in [-0.2, 0) is 0 Å². The van der Waals surface area contributed by atoms with Crippen molar-refractivity contribution in [3.8, 4) is 22.8 Å². The number of phenolic OH excluding ortho intramolecular Hbond substituents is 1. The summed E-state index contributed by atoms with van der Waals surface area (Å²) in [6.45, 7) is 4.86. The SMILES string of the molecule is CCC1(COc2cc(-c3ccc(O)cc3)nc3[nH]ncc23)CNC1. The topological polar surface area (TPSA) is 83.1 Å². The van der Waals surface area contributed by atoms with E-state index in [1.54, 1.807) is 18.3 Å². The summed E-state index contributed by atoms with van der Waals surface area (Å²) in [7, 11) is 0. The third kappa shape index (κ3) is 2.59. The van der Waals surface area contributed by atoms with Crippen LogP contribution in [0.1, 0.15) is 13.3 Å². The number of pyridine rings is 1. The van der Waals surface area contributed by atoms with Crippen LogP contribution in [0.4, 0.5) is 0 Å². The number of aromatic nitrogens is 3. The molecule has 1 aliphatic heterocycles. The fourth-order valence-corrected chi connectivity index (χ4v) is 2.96. The van der Waals surface area contributed by atoms with Crippen molar-refractivity contribution in [2.75, 3.05) is 19.7 Å². The molecule has 0 saturated carbocycles. The van der Waals surface area contributed by atoms with E-state index in [0.29, 0.717) is 12.3 Å². The van der Waals surface area contributed by atoms with Crippen LogP contribution in [0.5, 0.6) is 11.5 Å². The summed E-state index contributed by atoms with van der Waals surface area (Å²) in [4.78, 5) is 4.60. The molecule has 3 aromatic rings. The van der Waals surface area contributed by atoms with Gasteiger partial charge in [0.1, 0.15) is 11.5 Å². The summed E-state index contributed by atoms with van der Waals surface area (Å²) < 4.78 is 6.17. The predicted octanol–water partition coefficient (Wildman–Crippen LogP) is 2.71. The van der Waals surface area contributed by atoms with Gasteiger partial charge in [-0.3, -0.25) is 5.10 Å². The summed E-state index contributed by atoms with van der Waals surface area (Å²) in [6, 6.07) is 8.93. The number of nitrogens with zero attached hydrogens (tertiary/aromatic N) is 2. The minimum Gasteiger partial charge on any atom is -0.508 e. The molecule has 1 aliphatic rings. The molecule has 0 atom stereocenters. The van der Waals surface area contributed by atoms with Gasteiger partial charge in [-0.05, 0) is 30.7 Å². The number of hydrogen-bond acceptors (Lipinski definition) is 5. The molecule has 0 radical (unpaired) electrons. The van der Waals surface area contributed by atoms with Gasteiger partial charge < -0.3 is 15.2 Å². The van der Waals surface area contributed by atoms with E-state index in [9.17, 15) is 5.11 Å². The van der Waals surface area contributed by atoms with Gasteiger partial charge in [0.05, 0.1) is 23.9 Å². The smallest absolute Gasteiger partial charge is 0.159 e. The molecule has 0 amide bonds. The summed E-state index contributed by atoms with van der Waals surface area (Å²) in [5.41, 5.74) is 2.63. The van der Waals surface area contributed by atoms with Gasteiger partial charge in [0, 0.05) is 30.1 Å². The van der Waals surface area contributed by atoms with Gasteiger partial charge in [-0.1, -0.05) is 6.92 Å². The number of aromatic amines is 1. The molecular formula is C18H20N4O2. The Kier molecular flexibility index (Phi) is 3.61. The van der Waals surface area contributed by atoms with Gasteiger partial charge in [0.25, 0.3) is 0 Å². The second-order valence-corrected chi connectivity index (χ2v) is 6.43. The lowest BCUT2D eigenvalue weighted by Crippen LogP contribution is -2.56. The molecule has 1 aromatic carbocycles. The van der Waals surface area contributed by atoms with E-state index in [1.165, 1.54) is 0 Å². The summed E-state index contributed by atoms with van der Waals surface area (Å²) in [5, 5.41) is 20.7. The number of hydrogen-bond donors (Lipinski definition) is 3. The van der Waals surface area contributed by atoms with Crippen LogP contribution in [0, 0.1) is 5.41 Å². The van der Waals surface area contributed by atoms with Gasteiger partial charge in [-0.2, -0.15) is 5.10 Å². The van der Waals surface area contributed by atoms with E-state index in [2.05, 4.69) is 27.4 Å². The predicted molar refractivity (Wildman–Crippen MR) is 92.1 cm³/mol. The summed E-state index contributed by atoms with van der Waals surface area (Å²) >= 11 is 0. The number of phenols is 1.